The monoisotopic (exact) mass is 255 g/mol. The van der Waals surface area contributed by atoms with Crippen molar-refractivity contribution in [1.29, 1.82) is 0 Å². The van der Waals surface area contributed by atoms with E-state index in [1.54, 1.807) is 19.2 Å². The summed E-state index contributed by atoms with van der Waals surface area (Å²) in [6.45, 7) is 4.06. The van der Waals surface area contributed by atoms with E-state index >= 15 is 0 Å². The van der Waals surface area contributed by atoms with Gasteiger partial charge in [-0.2, -0.15) is 0 Å². The van der Waals surface area contributed by atoms with Crippen LogP contribution in [-0.2, 0) is 0 Å². The number of aryl methyl sites for hydroxylation is 2. The van der Waals surface area contributed by atoms with Gasteiger partial charge in [0.05, 0.1) is 12.7 Å². The smallest absolute Gasteiger partial charge is 0.259 e. The van der Waals surface area contributed by atoms with E-state index < -0.39 is 0 Å². The van der Waals surface area contributed by atoms with Crippen LogP contribution in [0.15, 0.2) is 42.5 Å². The Labute approximate surface area is 113 Å². The van der Waals surface area contributed by atoms with Crippen LogP contribution in [0, 0.1) is 13.8 Å². The molecule has 3 nitrogen and oxygen atoms in total. The van der Waals surface area contributed by atoms with Gasteiger partial charge in [-0.1, -0.05) is 18.2 Å². The van der Waals surface area contributed by atoms with Gasteiger partial charge < -0.3 is 10.1 Å². The number of para-hydroxylation sites is 1. The van der Waals surface area contributed by atoms with Crippen LogP contribution in [0.4, 0.5) is 5.69 Å². The molecule has 2 aromatic carbocycles. The maximum Gasteiger partial charge on any atom is 0.259 e. The Morgan fingerprint density at radius 1 is 1.05 bits per heavy atom. The number of carbonyl (C=O) groups excluding carboxylic acids is 1. The summed E-state index contributed by atoms with van der Waals surface area (Å²) in [6, 6.07) is 13.0. The zero-order chi connectivity index (χ0) is 13.8. The van der Waals surface area contributed by atoms with Gasteiger partial charge >= 0.3 is 0 Å². The molecule has 0 aliphatic heterocycles. The molecular formula is C16H17NO2. The van der Waals surface area contributed by atoms with Crippen LogP contribution >= 0.6 is 0 Å². The summed E-state index contributed by atoms with van der Waals surface area (Å²) in [6.07, 6.45) is 0. The summed E-state index contributed by atoms with van der Waals surface area (Å²) in [5, 5.41) is 2.88. The Morgan fingerprint density at radius 3 is 2.47 bits per heavy atom. The Morgan fingerprint density at radius 2 is 1.79 bits per heavy atom. The van der Waals surface area contributed by atoms with Gasteiger partial charge in [-0.05, 0) is 49.2 Å². The topological polar surface area (TPSA) is 38.3 Å². The summed E-state index contributed by atoms with van der Waals surface area (Å²) in [5.74, 6) is 0.407. The van der Waals surface area contributed by atoms with E-state index in [2.05, 4.69) is 5.32 Å². The van der Waals surface area contributed by atoms with Gasteiger partial charge in [0.15, 0.2) is 0 Å². The highest BCUT2D eigenvalue weighted by molar-refractivity contribution is 6.06. The highest BCUT2D eigenvalue weighted by atomic mass is 16.5. The molecule has 0 aliphatic carbocycles. The number of hydrogen-bond donors (Lipinski definition) is 1. The van der Waals surface area contributed by atoms with E-state index in [0.29, 0.717) is 11.3 Å². The normalized spacial score (nSPS) is 10.1. The van der Waals surface area contributed by atoms with Gasteiger partial charge in [-0.3, -0.25) is 4.79 Å². The highest BCUT2D eigenvalue weighted by Crippen LogP contribution is 2.20. The van der Waals surface area contributed by atoms with E-state index in [0.717, 1.165) is 11.3 Å². The minimum Gasteiger partial charge on any atom is -0.496 e. The number of hydrogen-bond acceptors (Lipinski definition) is 2. The molecule has 0 saturated heterocycles. The lowest BCUT2D eigenvalue weighted by atomic mass is 10.1. The number of ether oxygens (including phenoxy) is 1. The molecule has 3 heteroatoms. The fraction of sp³-hybridized carbons (Fsp3) is 0.188. The third-order valence-electron chi connectivity index (χ3n) is 3.12. The second kappa shape index (κ2) is 5.57. The zero-order valence-corrected chi connectivity index (χ0v) is 11.4. The molecule has 0 heterocycles. The Kier molecular flexibility index (Phi) is 3.85. The highest BCUT2D eigenvalue weighted by Gasteiger charge is 2.11. The van der Waals surface area contributed by atoms with Crippen LogP contribution in [0.1, 0.15) is 21.5 Å². The molecule has 0 aliphatic rings. The SMILES string of the molecule is COc1ccccc1C(=O)Nc1ccc(C)c(C)c1. The van der Waals surface area contributed by atoms with Crippen molar-refractivity contribution in [3.05, 3.63) is 59.2 Å². The average Bonchev–Trinajstić information content (AvgIpc) is 2.43. The largest absolute Gasteiger partial charge is 0.496 e. The third kappa shape index (κ3) is 2.94. The van der Waals surface area contributed by atoms with Gasteiger partial charge in [0.2, 0.25) is 0 Å². The zero-order valence-electron chi connectivity index (χ0n) is 11.4. The summed E-state index contributed by atoms with van der Waals surface area (Å²) in [4.78, 5) is 12.2. The number of nitrogens with one attached hydrogen (secondary N) is 1. The number of methoxy groups -OCH3 is 1. The number of rotatable bonds is 3. The van der Waals surface area contributed by atoms with Crippen molar-refractivity contribution >= 4 is 11.6 Å². The van der Waals surface area contributed by atoms with E-state index in [9.17, 15) is 4.79 Å². The molecule has 0 unspecified atom stereocenters. The van der Waals surface area contributed by atoms with Crippen LogP contribution < -0.4 is 10.1 Å². The van der Waals surface area contributed by atoms with Gasteiger partial charge in [-0.25, -0.2) is 0 Å². The molecule has 2 rings (SSSR count). The molecule has 1 N–H and O–H groups in total. The van der Waals surface area contributed by atoms with Crippen molar-refractivity contribution in [1.82, 2.24) is 0 Å². The molecule has 2 aromatic rings. The lowest BCUT2D eigenvalue weighted by Gasteiger charge is -2.10. The molecule has 1 amide bonds. The quantitative estimate of drug-likeness (QED) is 0.910. The fourth-order valence-electron chi connectivity index (χ4n) is 1.85. The maximum atomic E-state index is 12.2. The minimum absolute atomic E-state index is 0.166. The van der Waals surface area contributed by atoms with Crippen molar-refractivity contribution in [2.24, 2.45) is 0 Å². The van der Waals surface area contributed by atoms with Crippen LogP contribution in [0.5, 0.6) is 5.75 Å². The summed E-state index contributed by atoms with van der Waals surface area (Å²) in [7, 11) is 1.56. The van der Waals surface area contributed by atoms with Crippen LogP contribution in [0.2, 0.25) is 0 Å². The molecule has 0 spiro atoms. The number of carbonyl (C=O) groups is 1. The van der Waals surface area contributed by atoms with Gasteiger partial charge in [0.1, 0.15) is 5.75 Å². The molecule has 0 bridgehead atoms. The van der Waals surface area contributed by atoms with E-state index in [4.69, 9.17) is 4.74 Å². The Balaban J connectivity index is 2.23. The van der Waals surface area contributed by atoms with Gasteiger partial charge in [0, 0.05) is 5.69 Å². The summed E-state index contributed by atoms with van der Waals surface area (Å²) in [5.41, 5.74) is 3.68. The fourth-order valence-corrected chi connectivity index (χ4v) is 1.85. The Hall–Kier alpha value is -2.29. The van der Waals surface area contributed by atoms with E-state index in [1.807, 2.05) is 44.2 Å². The van der Waals surface area contributed by atoms with Gasteiger partial charge in [-0.15, -0.1) is 0 Å². The average molecular weight is 255 g/mol. The number of anilines is 1. The second-order valence-corrected chi connectivity index (χ2v) is 4.45. The molecule has 98 valence electrons. The predicted octanol–water partition coefficient (Wildman–Crippen LogP) is 3.56. The summed E-state index contributed by atoms with van der Waals surface area (Å²) >= 11 is 0. The first-order valence-corrected chi connectivity index (χ1v) is 6.13. The maximum absolute atomic E-state index is 12.2. The molecule has 0 saturated carbocycles. The second-order valence-electron chi connectivity index (χ2n) is 4.45. The molecule has 0 aromatic heterocycles. The lowest BCUT2D eigenvalue weighted by molar-refractivity contribution is 0.102. The van der Waals surface area contributed by atoms with Gasteiger partial charge in [0.25, 0.3) is 5.91 Å². The standard InChI is InChI=1S/C16H17NO2/c1-11-8-9-13(10-12(11)2)17-16(18)14-6-4-5-7-15(14)19-3/h4-10H,1-3H3,(H,17,18). The first-order valence-electron chi connectivity index (χ1n) is 6.13. The lowest BCUT2D eigenvalue weighted by Crippen LogP contribution is -2.13. The van der Waals surface area contributed by atoms with Crippen molar-refractivity contribution in [3.63, 3.8) is 0 Å². The van der Waals surface area contributed by atoms with Crippen molar-refractivity contribution < 1.29 is 9.53 Å². The van der Waals surface area contributed by atoms with Crippen LogP contribution in [0.3, 0.4) is 0 Å². The van der Waals surface area contributed by atoms with Crippen molar-refractivity contribution in [2.75, 3.05) is 12.4 Å². The predicted molar refractivity (Wildman–Crippen MR) is 76.9 cm³/mol. The third-order valence-corrected chi connectivity index (χ3v) is 3.12. The van der Waals surface area contributed by atoms with Crippen molar-refractivity contribution in [3.8, 4) is 5.75 Å². The molecule has 0 atom stereocenters. The molecule has 0 fully saturated rings. The van der Waals surface area contributed by atoms with Crippen LogP contribution in [-0.4, -0.2) is 13.0 Å². The molecule has 19 heavy (non-hydrogen) atoms. The molecule has 0 radical (unpaired) electrons. The van der Waals surface area contributed by atoms with Crippen molar-refractivity contribution in [2.45, 2.75) is 13.8 Å². The van der Waals surface area contributed by atoms with E-state index in [1.165, 1.54) is 5.56 Å². The van der Waals surface area contributed by atoms with E-state index in [-0.39, 0.29) is 5.91 Å². The number of benzene rings is 2. The Bertz CT molecular complexity index is 605. The first-order chi connectivity index (χ1) is 9.11. The first kappa shape index (κ1) is 13.1. The minimum atomic E-state index is -0.166. The number of amides is 1. The summed E-state index contributed by atoms with van der Waals surface area (Å²) < 4.78 is 5.19. The molecular weight excluding hydrogens is 238 g/mol. The van der Waals surface area contributed by atoms with Crippen LogP contribution in [0.25, 0.3) is 0 Å².